The molecule has 1 amide bonds. The van der Waals surface area contributed by atoms with Gasteiger partial charge in [-0.15, -0.1) is 0 Å². The SMILES string of the molecule is CS(=O)(=O)c1cnc(N2CCCC2)nc1C1CCN(C(=O)c2ccccc2F)CC1. The van der Waals surface area contributed by atoms with E-state index in [0.29, 0.717) is 37.6 Å². The summed E-state index contributed by atoms with van der Waals surface area (Å²) in [6, 6.07) is 5.96. The molecule has 2 aliphatic rings. The second-order valence-electron chi connectivity index (χ2n) is 7.93. The van der Waals surface area contributed by atoms with Gasteiger partial charge in [0.2, 0.25) is 5.95 Å². The van der Waals surface area contributed by atoms with Crippen LogP contribution in [0.15, 0.2) is 35.4 Å². The number of halogens is 1. The van der Waals surface area contributed by atoms with E-state index in [-0.39, 0.29) is 22.3 Å². The summed E-state index contributed by atoms with van der Waals surface area (Å²) in [5.41, 5.74) is 0.596. The fourth-order valence-corrected chi connectivity index (χ4v) is 5.02. The zero-order valence-electron chi connectivity index (χ0n) is 16.9. The van der Waals surface area contributed by atoms with Crippen molar-refractivity contribution in [2.24, 2.45) is 0 Å². The minimum Gasteiger partial charge on any atom is -0.341 e. The zero-order valence-corrected chi connectivity index (χ0v) is 17.7. The largest absolute Gasteiger partial charge is 0.341 e. The second-order valence-corrected chi connectivity index (χ2v) is 9.92. The lowest BCUT2D eigenvalue weighted by molar-refractivity contribution is 0.0706. The first-order valence-electron chi connectivity index (χ1n) is 10.2. The number of hydrogen-bond acceptors (Lipinski definition) is 6. The van der Waals surface area contributed by atoms with Crippen molar-refractivity contribution in [3.8, 4) is 0 Å². The average Bonchev–Trinajstić information content (AvgIpc) is 3.28. The van der Waals surface area contributed by atoms with Gasteiger partial charge in [0.15, 0.2) is 9.84 Å². The van der Waals surface area contributed by atoms with Gasteiger partial charge >= 0.3 is 0 Å². The van der Waals surface area contributed by atoms with Gasteiger partial charge in [-0.25, -0.2) is 22.8 Å². The van der Waals surface area contributed by atoms with Crippen molar-refractivity contribution in [2.45, 2.75) is 36.5 Å². The van der Waals surface area contributed by atoms with Gasteiger partial charge < -0.3 is 9.80 Å². The molecular formula is C21H25FN4O3S. The second kappa shape index (κ2) is 8.29. The number of amides is 1. The van der Waals surface area contributed by atoms with Gasteiger partial charge in [0.25, 0.3) is 5.91 Å². The molecule has 1 aromatic carbocycles. The van der Waals surface area contributed by atoms with Crippen molar-refractivity contribution in [1.82, 2.24) is 14.9 Å². The van der Waals surface area contributed by atoms with E-state index in [1.54, 1.807) is 17.0 Å². The molecule has 0 atom stereocenters. The van der Waals surface area contributed by atoms with Gasteiger partial charge in [-0.2, -0.15) is 0 Å². The van der Waals surface area contributed by atoms with Gasteiger partial charge in [-0.3, -0.25) is 4.79 Å². The first-order chi connectivity index (χ1) is 14.3. The van der Waals surface area contributed by atoms with Crippen molar-refractivity contribution < 1.29 is 17.6 Å². The quantitative estimate of drug-likeness (QED) is 0.739. The fourth-order valence-electron chi connectivity index (χ4n) is 4.18. The van der Waals surface area contributed by atoms with Crippen LogP contribution in [-0.2, 0) is 9.84 Å². The highest BCUT2D eigenvalue weighted by atomic mass is 32.2. The molecule has 2 aromatic rings. The normalized spacial score (nSPS) is 18.1. The molecule has 30 heavy (non-hydrogen) atoms. The molecule has 9 heteroatoms. The molecule has 2 aliphatic heterocycles. The van der Waals surface area contributed by atoms with Crippen LogP contribution in [0, 0.1) is 5.82 Å². The van der Waals surface area contributed by atoms with Crippen molar-refractivity contribution in [2.75, 3.05) is 37.3 Å². The molecule has 2 fully saturated rings. The average molecular weight is 433 g/mol. The van der Waals surface area contributed by atoms with Gasteiger partial charge in [-0.1, -0.05) is 12.1 Å². The van der Waals surface area contributed by atoms with Crippen LogP contribution in [0.4, 0.5) is 10.3 Å². The minimum absolute atomic E-state index is 0.0612. The highest BCUT2D eigenvalue weighted by Gasteiger charge is 2.31. The van der Waals surface area contributed by atoms with Crippen LogP contribution in [0.1, 0.15) is 47.7 Å². The number of aromatic nitrogens is 2. The lowest BCUT2D eigenvalue weighted by Crippen LogP contribution is -2.38. The molecule has 3 heterocycles. The Bertz CT molecular complexity index is 1050. The van der Waals surface area contributed by atoms with Crippen LogP contribution in [0.25, 0.3) is 0 Å². The molecule has 4 rings (SSSR count). The number of likely N-dealkylation sites (tertiary alicyclic amines) is 1. The van der Waals surface area contributed by atoms with Gasteiger partial charge in [0.05, 0.1) is 17.5 Å². The smallest absolute Gasteiger partial charge is 0.256 e. The molecule has 1 aromatic heterocycles. The van der Waals surface area contributed by atoms with E-state index in [2.05, 4.69) is 14.9 Å². The maximum Gasteiger partial charge on any atom is 0.256 e. The van der Waals surface area contributed by atoms with Gasteiger partial charge in [0.1, 0.15) is 10.7 Å². The highest BCUT2D eigenvalue weighted by Crippen LogP contribution is 2.33. The first-order valence-corrected chi connectivity index (χ1v) is 12.1. The summed E-state index contributed by atoms with van der Waals surface area (Å²) in [6.07, 6.45) is 5.87. The molecule has 0 N–H and O–H groups in total. The lowest BCUT2D eigenvalue weighted by atomic mass is 9.93. The number of sulfone groups is 1. The fraction of sp³-hybridized carbons (Fsp3) is 0.476. The van der Waals surface area contributed by atoms with E-state index in [0.717, 1.165) is 25.9 Å². The Morgan fingerprint density at radius 2 is 1.77 bits per heavy atom. The van der Waals surface area contributed by atoms with Crippen LogP contribution >= 0.6 is 0 Å². The number of carbonyl (C=O) groups is 1. The van der Waals surface area contributed by atoms with E-state index in [4.69, 9.17) is 0 Å². The maximum atomic E-state index is 14.0. The number of anilines is 1. The monoisotopic (exact) mass is 432 g/mol. The standard InChI is InChI=1S/C21H25FN4O3S/c1-30(28,29)18-14-23-21(26-10-4-5-11-26)24-19(18)15-8-12-25(13-9-15)20(27)16-6-2-3-7-17(16)22/h2-3,6-7,14-15H,4-5,8-13H2,1H3. The van der Waals surface area contributed by atoms with E-state index in [1.165, 1.54) is 24.6 Å². The molecule has 0 bridgehead atoms. The number of carbonyl (C=O) groups excluding carboxylic acids is 1. The number of hydrogen-bond donors (Lipinski definition) is 0. The Balaban J connectivity index is 1.55. The molecule has 0 spiro atoms. The Labute approximate surface area is 175 Å². The number of benzene rings is 1. The third kappa shape index (κ3) is 4.16. The van der Waals surface area contributed by atoms with Crippen molar-refractivity contribution in [3.63, 3.8) is 0 Å². The third-order valence-electron chi connectivity index (χ3n) is 5.83. The number of piperidine rings is 1. The predicted molar refractivity (Wildman–Crippen MR) is 111 cm³/mol. The summed E-state index contributed by atoms with van der Waals surface area (Å²) < 4.78 is 38.6. The summed E-state index contributed by atoms with van der Waals surface area (Å²) in [4.78, 5) is 25.5. The van der Waals surface area contributed by atoms with E-state index in [1.807, 2.05) is 0 Å². The minimum atomic E-state index is -3.48. The summed E-state index contributed by atoms with van der Waals surface area (Å²) >= 11 is 0. The molecular weight excluding hydrogens is 407 g/mol. The molecule has 0 radical (unpaired) electrons. The van der Waals surface area contributed by atoms with Gasteiger partial charge in [0, 0.05) is 38.4 Å². The van der Waals surface area contributed by atoms with E-state index in [9.17, 15) is 17.6 Å². The summed E-state index contributed by atoms with van der Waals surface area (Å²) in [6.45, 7) is 2.58. The maximum absolute atomic E-state index is 14.0. The van der Waals surface area contributed by atoms with Crippen LogP contribution in [-0.4, -0.2) is 61.6 Å². The first kappa shape index (κ1) is 20.7. The Hall–Kier alpha value is -2.55. The molecule has 2 saturated heterocycles. The highest BCUT2D eigenvalue weighted by molar-refractivity contribution is 7.90. The van der Waals surface area contributed by atoms with Crippen LogP contribution in [0.3, 0.4) is 0 Å². The number of nitrogens with zero attached hydrogens (tertiary/aromatic N) is 4. The van der Waals surface area contributed by atoms with Crippen molar-refractivity contribution >= 4 is 21.7 Å². The molecule has 0 aliphatic carbocycles. The Morgan fingerprint density at radius 1 is 1.10 bits per heavy atom. The predicted octanol–water partition coefficient (Wildman–Crippen LogP) is 2.64. The van der Waals surface area contributed by atoms with Crippen LogP contribution < -0.4 is 4.90 Å². The third-order valence-corrected chi connectivity index (χ3v) is 6.95. The molecule has 160 valence electrons. The van der Waals surface area contributed by atoms with E-state index < -0.39 is 15.7 Å². The molecule has 0 unspecified atom stereocenters. The van der Waals surface area contributed by atoms with Crippen LogP contribution in [0.2, 0.25) is 0 Å². The topological polar surface area (TPSA) is 83.5 Å². The lowest BCUT2D eigenvalue weighted by Gasteiger charge is -2.32. The summed E-state index contributed by atoms with van der Waals surface area (Å²) in [5.74, 6) is -0.395. The Kier molecular flexibility index (Phi) is 5.73. The molecule has 0 saturated carbocycles. The van der Waals surface area contributed by atoms with E-state index >= 15 is 0 Å². The summed E-state index contributed by atoms with van der Waals surface area (Å²) in [5, 5.41) is 0. The molecule has 7 nitrogen and oxygen atoms in total. The van der Waals surface area contributed by atoms with Gasteiger partial charge in [-0.05, 0) is 37.8 Å². The zero-order chi connectivity index (χ0) is 21.3. The van der Waals surface area contributed by atoms with Crippen molar-refractivity contribution in [1.29, 1.82) is 0 Å². The Morgan fingerprint density at radius 3 is 2.40 bits per heavy atom. The summed E-state index contributed by atoms with van der Waals surface area (Å²) in [7, 11) is -3.48. The van der Waals surface area contributed by atoms with Crippen LogP contribution in [0.5, 0.6) is 0 Å². The number of rotatable bonds is 4. The van der Waals surface area contributed by atoms with Crippen molar-refractivity contribution in [3.05, 3.63) is 47.5 Å².